The summed E-state index contributed by atoms with van der Waals surface area (Å²) >= 11 is 6.54. The Labute approximate surface area is 255 Å². The molecule has 0 spiro atoms. The number of aliphatic hydroxyl groups is 1. The molecule has 0 saturated carbocycles. The Kier molecular flexibility index (Phi) is 5.71. The van der Waals surface area contributed by atoms with E-state index in [1.165, 1.54) is 11.1 Å². The third-order valence-electron chi connectivity index (χ3n) is 9.24. The van der Waals surface area contributed by atoms with Crippen molar-refractivity contribution >= 4 is 33.5 Å². The van der Waals surface area contributed by atoms with Gasteiger partial charge in [-0.05, 0) is 63.2 Å². The predicted octanol–water partition coefficient (Wildman–Crippen LogP) is 10.5. The Bertz CT molecular complexity index is 2130. The maximum atomic E-state index is 12.9. The molecule has 1 aliphatic rings. The second-order valence-electron chi connectivity index (χ2n) is 12.0. The van der Waals surface area contributed by atoms with Crippen LogP contribution >= 0.6 is 11.6 Å². The van der Waals surface area contributed by atoms with Crippen LogP contribution in [0.4, 0.5) is 0 Å². The first-order valence-corrected chi connectivity index (χ1v) is 15.0. The Morgan fingerprint density at radius 2 is 1.26 bits per heavy atom. The zero-order valence-electron chi connectivity index (χ0n) is 23.9. The van der Waals surface area contributed by atoms with Crippen LogP contribution in [0.2, 0.25) is 5.02 Å². The molecule has 1 heterocycles. The zero-order valence-corrected chi connectivity index (χ0v) is 24.7. The topological polar surface area (TPSA) is 33.4 Å². The van der Waals surface area contributed by atoms with Crippen molar-refractivity contribution in [1.29, 1.82) is 0 Å². The fourth-order valence-electron chi connectivity index (χ4n) is 7.14. The molecule has 0 aliphatic heterocycles. The summed E-state index contributed by atoms with van der Waals surface area (Å²) in [6.45, 7) is 4.50. The molecule has 0 radical (unpaired) electrons. The van der Waals surface area contributed by atoms with Gasteiger partial charge < -0.3 is 9.52 Å². The van der Waals surface area contributed by atoms with E-state index in [1.54, 1.807) is 0 Å². The van der Waals surface area contributed by atoms with Crippen molar-refractivity contribution in [3.63, 3.8) is 0 Å². The highest BCUT2D eigenvalue weighted by Gasteiger charge is 2.41. The van der Waals surface area contributed by atoms with Gasteiger partial charge in [0.15, 0.2) is 0 Å². The largest absolute Gasteiger partial charge is 0.455 e. The first-order chi connectivity index (χ1) is 20.9. The highest BCUT2D eigenvalue weighted by molar-refractivity contribution is 6.31. The summed E-state index contributed by atoms with van der Waals surface area (Å²) in [5.41, 5.74) is 9.07. The van der Waals surface area contributed by atoms with Crippen molar-refractivity contribution in [2.24, 2.45) is 0 Å². The van der Waals surface area contributed by atoms with Crippen molar-refractivity contribution in [2.45, 2.75) is 24.9 Å². The monoisotopic (exact) mass is 576 g/mol. The number of rotatable bonds is 4. The quantitative estimate of drug-likeness (QED) is 0.211. The minimum Gasteiger partial charge on any atom is -0.455 e. The highest BCUT2D eigenvalue weighted by atomic mass is 35.5. The lowest BCUT2D eigenvalue weighted by Crippen LogP contribution is -2.29. The van der Waals surface area contributed by atoms with E-state index in [1.807, 2.05) is 84.9 Å². The number of benzene rings is 6. The van der Waals surface area contributed by atoms with Crippen LogP contribution in [0.25, 0.3) is 44.2 Å². The number of hydrogen-bond acceptors (Lipinski definition) is 2. The lowest BCUT2D eigenvalue weighted by atomic mass is 9.76. The van der Waals surface area contributed by atoms with Crippen molar-refractivity contribution in [1.82, 2.24) is 0 Å². The normalized spacial score (nSPS) is 13.8. The molecule has 0 saturated heterocycles. The molecule has 0 atom stereocenters. The molecule has 3 heteroatoms. The van der Waals surface area contributed by atoms with Crippen LogP contribution in [0.3, 0.4) is 0 Å². The van der Waals surface area contributed by atoms with E-state index < -0.39 is 5.60 Å². The van der Waals surface area contributed by atoms with Crippen molar-refractivity contribution in [2.75, 3.05) is 0 Å². The first kappa shape index (κ1) is 26.0. The maximum absolute atomic E-state index is 12.9. The average molecular weight is 577 g/mol. The first-order valence-electron chi connectivity index (χ1n) is 14.6. The summed E-state index contributed by atoms with van der Waals surface area (Å²) in [6.07, 6.45) is 0. The van der Waals surface area contributed by atoms with Crippen LogP contribution < -0.4 is 0 Å². The van der Waals surface area contributed by atoms with Gasteiger partial charge in [0, 0.05) is 32.3 Å². The lowest BCUT2D eigenvalue weighted by Gasteiger charge is -2.32. The van der Waals surface area contributed by atoms with Gasteiger partial charge in [-0.3, -0.25) is 0 Å². The summed E-state index contributed by atoms with van der Waals surface area (Å²) in [6, 6.07) is 44.8. The number of hydrogen-bond donors (Lipinski definition) is 1. The third kappa shape index (κ3) is 3.70. The number of halogens is 1. The van der Waals surface area contributed by atoms with E-state index in [4.69, 9.17) is 16.0 Å². The molecule has 0 fully saturated rings. The molecule has 0 bridgehead atoms. The Morgan fingerprint density at radius 1 is 0.628 bits per heavy atom. The molecule has 0 unspecified atom stereocenters. The van der Waals surface area contributed by atoms with Gasteiger partial charge in [-0.1, -0.05) is 135 Å². The molecule has 208 valence electrons. The van der Waals surface area contributed by atoms with Gasteiger partial charge in [0.1, 0.15) is 16.8 Å². The standard InChI is InChI=1S/C40H29ClO2/c1-39(2)33-23-27(41)21-22-29(33)37-34(39)24-31(36-30-18-10-12-20-35(30)43-38(36)37)28-17-9-11-19-32(28)40(42,25-13-5-3-6-14-25)26-15-7-4-8-16-26/h3-24,42H,1-2H3. The summed E-state index contributed by atoms with van der Waals surface area (Å²) in [7, 11) is 0. The number of furan rings is 1. The predicted molar refractivity (Wildman–Crippen MR) is 177 cm³/mol. The van der Waals surface area contributed by atoms with Crippen LogP contribution in [-0.2, 0) is 11.0 Å². The molecular weight excluding hydrogens is 548 g/mol. The van der Waals surface area contributed by atoms with Gasteiger partial charge in [0.2, 0.25) is 0 Å². The molecule has 6 aromatic carbocycles. The molecule has 1 aliphatic carbocycles. The second-order valence-corrected chi connectivity index (χ2v) is 12.4. The average Bonchev–Trinajstić information content (AvgIpc) is 3.54. The molecule has 1 N–H and O–H groups in total. The van der Waals surface area contributed by atoms with Crippen molar-refractivity contribution in [3.05, 3.63) is 166 Å². The Morgan fingerprint density at radius 3 is 1.98 bits per heavy atom. The molecule has 43 heavy (non-hydrogen) atoms. The minimum atomic E-state index is -1.39. The molecule has 1 aromatic heterocycles. The van der Waals surface area contributed by atoms with E-state index in [-0.39, 0.29) is 5.41 Å². The van der Waals surface area contributed by atoms with Gasteiger partial charge in [0.05, 0.1) is 0 Å². The van der Waals surface area contributed by atoms with Crippen LogP contribution in [0.5, 0.6) is 0 Å². The van der Waals surface area contributed by atoms with E-state index in [9.17, 15) is 5.11 Å². The maximum Gasteiger partial charge on any atom is 0.144 e. The Balaban J connectivity index is 1.51. The molecule has 8 rings (SSSR count). The van der Waals surface area contributed by atoms with Gasteiger partial charge in [0.25, 0.3) is 0 Å². The SMILES string of the molecule is CC1(C)c2cc(Cl)ccc2-c2c1cc(-c1ccccc1C(O)(c1ccccc1)c1ccccc1)c1c2oc2ccccc21. The van der Waals surface area contributed by atoms with Gasteiger partial charge in [-0.25, -0.2) is 0 Å². The number of para-hydroxylation sites is 1. The van der Waals surface area contributed by atoms with E-state index in [0.717, 1.165) is 65.9 Å². The Hall–Kier alpha value is -4.63. The van der Waals surface area contributed by atoms with E-state index in [0.29, 0.717) is 0 Å². The van der Waals surface area contributed by atoms with Gasteiger partial charge >= 0.3 is 0 Å². The van der Waals surface area contributed by atoms with Crippen molar-refractivity contribution in [3.8, 4) is 22.3 Å². The third-order valence-corrected chi connectivity index (χ3v) is 9.47. The summed E-state index contributed by atoms with van der Waals surface area (Å²) in [5, 5.41) is 15.8. The summed E-state index contributed by atoms with van der Waals surface area (Å²) in [5.74, 6) is 0. The van der Waals surface area contributed by atoms with Gasteiger partial charge in [-0.15, -0.1) is 0 Å². The van der Waals surface area contributed by atoms with Crippen LogP contribution in [0.15, 0.2) is 138 Å². The molecule has 7 aromatic rings. The highest BCUT2D eigenvalue weighted by Crippen LogP contribution is 2.56. The van der Waals surface area contributed by atoms with Crippen LogP contribution in [-0.4, -0.2) is 5.11 Å². The number of fused-ring (bicyclic) bond motifs is 7. The van der Waals surface area contributed by atoms with Crippen LogP contribution in [0, 0.1) is 0 Å². The minimum absolute atomic E-state index is 0.304. The second kappa shape index (κ2) is 9.44. The smallest absolute Gasteiger partial charge is 0.144 e. The summed E-state index contributed by atoms with van der Waals surface area (Å²) < 4.78 is 6.74. The fraction of sp³-hybridized carbons (Fsp3) is 0.100. The zero-order chi connectivity index (χ0) is 29.3. The van der Waals surface area contributed by atoms with E-state index >= 15 is 0 Å². The van der Waals surface area contributed by atoms with E-state index in [2.05, 4.69) is 62.4 Å². The lowest BCUT2D eigenvalue weighted by molar-refractivity contribution is 0.126. The van der Waals surface area contributed by atoms with Crippen molar-refractivity contribution < 1.29 is 9.52 Å². The molecular formula is C40H29ClO2. The fourth-order valence-corrected chi connectivity index (χ4v) is 7.31. The molecule has 0 amide bonds. The van der Waals surface area contributed by atoms with Crippen LogP contribution in [0.1, 0.15) is 41.7 Å². The summed E-state index contributed by atoms with van der Waals surface area (Å²) in [4.78, 5) is 0. The van der Waals surface area contributed by atoms with Gasteiger partial charge in [-0.2, -0.15) is 0 Å². The molecule has 2 nitrogen and oxygen atoms in total.